The predicted octanol–water partition coefficient (Wildman–Crippen LogP) is -0.332. The molecule has 84 valence electrons. The Labute approximate surface area is 89.0 Å². The van der Waals surface area contributed by atoms with Crippen LogP contribution in [0.5, 0.6) is 0 Å². The van der Waals surface area contributed by atoms with Gasteiger partial charge in [-0.3, -0.25) is 0 Å². The van der Waals surface area contributed by atoms with Crippen LogP contribution in [0.4, 0.5) is 5.82 Å². The Bertz CT molecular complexity index is 306. The van der Waals surface area contributed by atoms with E-state index in [0.717, 1.165) is 0 Å². The van der Waals surface area contributed by atoms with Gasteiger partial charge in [0.25, 0.3) is 0 Å². The summed E-state index contributed by atoms with van der Waals surface area (Å²) in [7, 11) is 1.79. The lowest BCUT2D eigenvalue weighted by Crippen LogP contribution is -2.24. The van der Waals surface area contributed by atoms with E-state index in [1.54, 1.807) is 25.4 Å². The summed E-state index contributed by atoms with van der Waals surface area (Å²) in [6.45, 7) is 0.637. The number of nitrogen functional groups attached to an aromatic ring is 1. The van der Waals surface area contributed by atoms with Crippen molar-refractivity contribution < 1.29 is 10.2 Å². The predicted molar refractivity (Wildman–Crippen MR) is 58.2 cm³/mol. The normalized spacial score (nSPS) is 14.9. The van der Waals surface area contributed by atoms with E-state index in [1.807, 2.05) is 0 Å². The van der Waals surface area contributed by atoms with Gasteiger partial charge in [-0.25, -0.2) is 4.98 Å². The van der Waals surface area contributed by atoms with Crippen LogP contribution in [-0.4, -0.2) is 34.9 Å². The van der Waals surface area contributed by atoms with Gasteiger partial charge in [0.1, 0.15) is 11.9 Å². The Balaban J connectivity index is 2.67. The van der Waals surface area contributed by atoms with E-state index in [-0.39, 0.29) is 5.82 Å². The number of aliphatic hydroxyl groups excluding tert-OH is 2. The molecular formula is C10H17N3O2. The van der Waals surface area contributed by atoms with Gasteiger partial charge in [-0.05, 0) is 26.1 Å². The van der Waals surface area contributed by atoms with Gasteiger partial charge in [0.2, 0.25) is 0 Å². The fourth-order valence-electron chi connectivity index (χ4n) is 1.34. The van der Waals surface area contributed by atoms with Crippen molar-refractivity contribution in [3.05, 3.63) is 23.9 Å². The van der Waals surface area contributed by atoms with Gasteiger partial charge < -0.3 is 21.3 Å². The van der Waals surface area contributed by atoms with Crippen molar-refractivity contribution in [2.45, 2.75) is 18.6 Å². The summed E-state index contributed by atoms with van der Waals surface area (Å²) in [5.74, 6) is 0.258. The van der Waals surface area contributed by atoms with Gasteiger partial charge >= 0.3 is 0 Å². The maximum Gasteiger partial charge on any atom is 0.129 e. The molecule has 2 unspecified atom stereocenters. The van der Waals surface area contributed by atoms with Gasteiger partial charge in [-0.2, -0.15) is 0 Å². The van der Waals surface area contributed by atoms with Crippen molar-refractivity contribution in [2.24, 2.45) is 0 Å². The number of aliphatic hydroxyl groups is 2. The van der Waals surface area contributed by atoms with Crippen LogP contribution in [0.15, 0.2) is 18.3 Å². The van der Waals surface area contributed by atoms with E-state index >= 15 is 0 Å². The lowest BCUT2D eigenvalue weighted by Gasteiger charge is -2.18. The quantitative estimate of drug-likeness (QED) is 0.535. The number of hydrogen-bond acceptors (Lipinski definition) is 5. The first-order valence-electron chi connectivity index (χ1n) is 4.88. The van der Waals surface area contributed by atoms with E-state index in [0.29, 0.717) is 18.5 Å². The second-order valence-electron chi connectivity index (χ2n) is 3.38. The number of rotatable bonds is 5. The van der Waals surface area contributed by atoms with Gasteiger partial charge in [-0.1, -0.05) is 6.07 Å². The zero-order chi connectivity index (χ0) is 11.3. The summed E-state index contributed by atoms with van der Waals surface area (Å²) in [5.41, 5.74) is 6.06. The maximum absolute atomic E-state index is 9.80. The van der Waals surface area contributed by atoms with Crippen LogP contribution < -0.4 is 11.1 Å². The van der Waals surface area contributed by atoms with Crippen molar-refractivity contribution in [3.63, 3.8) is 0 Å². The molecule has 0 saturated heterocycles. The van der Waals surface area contributed by atoms with Gasteiger partial charge in [0.15, 0.2) is 0 Å². The van der Waals surface area contributed by atoms with Crippen LogP contribution in [0.3, 0.4) is 0 Å². The lowest BCUT2D eigenvalue weighted by atomic mass is 10.0. The maximum atomic E-state index is 9.80. The van der Waals surface area contributed by atoms with E-state index in [4.69, 9.17) is 5.73 Å². The SMILES string of the molecule is CNCCC(O)C(O)c1cccnc1N. The molecule has 0 aliphatic heterocycles. The van der Waals surface area contributed by atoms with Crippen LogP contribution in [0.2, 0.25) is 0 Å². The Morgan fingerprint density at radius 2 is 2.27 bits per heavy atom. The van der Waals surface area contributed by atoms with Crippen molar-refractivity contribution in [1.29, 1.82) is 0 Å². The smallest absolute Gasteiger partial charge is 0.129 e. The fourth-order valence-corrected chi connectivity index (χ4v) is 1.34. The summed E-state index contributed by atoms with van der Waals surface area (Å²) in [4.78, 5) is 3.85. The van der Waals surface area contributed by atoms with Crippen LogP contribution in [0.25, 0.3) is 0 Å². The molecule has 0 aliphatic rings. The van der Waals surface area contributed by atoms with E-state index < -0.39 is 12.2 Å². The zero-order valence-electron chi connectivity index (χ0n) is 8.72. The highest BCUT2D eigenvalue weighted by Gasteiger charge is 2.20. The molecule has 1 aromatic heterocycles. The van der Waals surface area contributed by atoms with Crippen LogP contribution >= 0.6 is 0 Å². The fraction of sp³-hybridized carbons (Fsp3) is 0.500. The van der Waals surface area contributed by atoms with Gasteiger partial charge in [0.05, 0.1) is 6.10 Å². The third-order valence-corrected chi connectivity index (χ3v) is 2.24. The molecule has 0 aliphatic carbocycles. The Morgan fingerprint density at radius 1 is 1.53 bits per heavy atom. The molecule has 1 rings (SSSR count). The molecule has 0 saturated carbocycles. The molecule has 5 N–H and O–H groups in total. The molecule has 1 aromatic rings. The van der Waals surface area contributed by atoms with Crippen molar-refractivity contribution in [2.75, 3.05) is 19.3 Å². The van der Waals surface area contributed by atoms with E-state index in [1.165, 1.54) is 0 Å². The Kier molecular flexibility index (Phi) is 4.48. The number of nitrogens with two attached hydrogens (primary N) is 1. The Morgan fingerprint density at radius 3 is 2.87 bits per heavy atom. The number of pyridine rings is 1. The largest absolute Gasteiger partial charge is 0.390 e. The minimum atomic E-state index is -0.980. The first-order valence-corrected chi connectivity index (χ1v) is 4.88. The number of hydrogen-bond donors (Lipinski definition) is 4. The molecule has 5 heteroatoms. The highest BCUT2D eigenvalue weighted by atomic mass is 16.3. The number of nitrogens with zero attached hydrogens (tertiary/aromatic N) is 1. The Hall–Kier alpha value is -1.17. The second-order valence-corrected chi connectivity index (χ2v) is 3.38. The van der Waals surface area contributed by atoms with Crippen LogP contribution in [-0.2, 0) is 0 Å². The number of nitrogens with one attached hydrogen (secondary N) is 1. The second kappa shape index (κ2) is 5.65. The average molecular weight is 211 g/mol. The summed E-state index contributed by atoms with van der Waals surface area (Å²) in [5, 5.41) is 22.4. The van der Waals surface area contributed by atoms with Crippen molar-refractivity contribution in [3.8, 4) is 0 Å². The zero-order valence-corrected chi connectivity index (χ0v) is 8.72. The average Bonchev–Trinajstić information content (AvgIpc) is 2.25. The summed E-state index contributed by atoms with van der Waals surface area (Å²) < 4.78 is 0. The van der Waals surface area contributed by atoms with Crippen LogP contribution in [0, 0.1) is 0 Å². The minimum Gasteiger partial charge on any atom is -0.390 e. The minimum absolute atomic E-state index is 0.258. The monoisotopic (exact) mass is 211 g/mol. The summed E-state index contributed by atoms with van der Waals surface area (Å²) >= 11 is 0. The molecular weight excluding hydrogens is 194 g/mol. The topological polar surface area (TPSA) is 91.4 Å². The summed E-state index contributed by atoms with van der Waals surface area (Å²) in [6, 6.07) is 3.34. The lowest BCUT2D eigenvalue weighted by molar-refractivity contribution is 0.0143. The number of anilines is 1. The molecule has 2 atom stereocenters. The van der Waals surface area contributed by atoms with E-state index in [9.17, 15) is 10.2 Å². The van der Waals surface area contributed by atoms with Gasteiger partial charge in [-0.15, -0.1) is 0 Å². The standard InChI is InChI=1S/C10H17N3O2/c1-12-6-4-8(14)9(15)7-3-2-5-13-10(7)11/h2-3,5,8-9,12,14-15H,4,6H2,1H3,(H2,11,13). The molecule has 0 aromatic carbocycles. The third kappa shape index (κ3) is 3.16. The summed E-state index contributed by atoms with van der Waals surface area (Å²) in [6.07, 6.45) is 0.202. The molecule has 0 spiro atoms. The molecule has 1 heterocycles. The first-order chi connectivity index (χ1) is 7.16. The number of aromatic nitrogens is 1. The highest BCUT2D eigenvalue weighted by Crippen LogP contribution is 2.22. The highest BCUT2D eigenvalue weighted by molar-refractivity contribution is 5.40. The molecule has 15 heavy (non-hydrogen) atoms. The molecule has 0 radical (unpaired) electrons. The van der Waals surface area contributed by atoms with Crippen molar-refractivity contribution in [1.82, 2.24) is 10.3 Å². The molecule has 5 nitrogen and oxygen atoms in total. The van der Waals surface area contributed by atoms with E-state index in [2.05, 4.69) is 10.3 Å². The molecule has 0 fully saturated rings. The first kappa shape index (κ1) is 11.9. The third-order valence-electron chi connectivity index (χ3n) is 2.24. The van der Waals surface area contributed by atoms with Crippen molar-refractivity contribution >= 4 is 5.82 Å². The molecule has 0 bridgehead atoms. The van der Waals surface area contributed by atoms with Gasteiger partial charge in [0, 0.05) is 11.8 Å². The van der Waals surface area contributed by atoms with Crippen LogP contribution in [0.1, 0.15) is 18.1 Å². The molecule has 0 amide bonds.